The summed E-state index contributed by atoms with van der Waals surface area (Å²) in [6, 6.07) is 13.7. The van der Waals surface area contributed by atoms with Crippen LogP contribution in [0, 0.1) is 0 Å². The minimum Gasteiger partial charge on any atom is -0.349 e. The number of rotatable bonds is 5. The third-order valence-electron chi connectivity index (χ3n) is 3.95. The van der Waals surface area contributed by atoms with Gasteiger partial charge in [-0.2, -0.15) is 0 Å². The summed E-state index contributed by atoms with van der Waals surface area (Å²) in [5, 5.41) is 2.86. The lowest BCUT2D eigenvalue weighted by Crippen LogP contribution is -2.28. The van der Waals surface area contributed by atoms with E-state index in [0.29, 0.717) is 18.8 Å². The minimum absolute atomic E-state index is 0.253. The van der Waals surface area contributed by atoms with Crippen LogP contribution in [0.2, 0.25) is 0 Å². The Labute approximate surface area is 149 Å². The van der Waals surface area contributed by atoms with E-state index in [4.69, 9.17) is 4.98 Å². The number of benzene rings is 1. The topological polar surface area (TPSA) is 85.6 Å². The lowest BCUT2D eigenvalue weighted by Gasteiger charge is -2.09. The van der Waals surface area contributed by atoms with Gasteiger partial charge in [0.1, 0.15) is 17.0 Å². The zero-order valence-corrected chi connectivity index (χ0v) is 13.9. The first-order valence-corrected chi connectivity index (χ1v) is 8.24. The monoisotopic (exact) mass is 344 g/mol. The molecule has 0 bridgehead atoms. The molecule has 4 aromatic rings. The molecular formula is C19H16N6O. The molecule has 4 rings (SSSR count). The third kappa shape index (κ3) is 3.14. The van der Waals surface area contributed by atoms with E-state index in [-0.39, 0.29) is 5.91 Å². The van der Waals surface area contributed by atoms with E-state index in [1.165, 1.54) is 18.6 Å². The number of hydrogen-bond donors (Lipinski definition) is 1. The number of carbonyl (C=O) groups is 1. The van der Waals surface area contributed by atoms with Crippen molar-refractivity contribution < 1.29 is 4.79 Å². The number of imidazole rings is 1. The van der Waals surface area contributed by atoms with Crippen LogP contribution in [0.3, 0.4) is 0 Å². The molecule has 0 fully saturated rings. The van der Waals surface area contributed by atoms with Gasteiger partial charge in [-0.25, -0.2) is 15.0 Å². The van der Waals surface area contributed by atoms with Gasteiger partial charge in [0.15, 0.2) is 5.65 Å². The first-order chi connectivity index (χ1) is 12.8. The van der Waals surface area contributed by atoms with Crippen molar-refractivity contribution >= 4 is 17.1 Å². The van der Waals surface area contributed by atoms with Crippen LogP contribution in [0.1, 0.15) is 10.5 Å². The Morgan fingerprint density at radius 2 is 1.88 bits per heavy atom. The zero-order valence-electron chi connectivity index (χ0n) is 13.9. The van der Waals surface area contributed by atoms with E-state index >= 15 is 0 Å². The lowest BCUT2D eigenvalue weighted by molar-refractivity contribution is 0.0947. The summed E-state index contributed by atoms with van der Waals surface area (Å²) >= 11 is 0. The summed E-state index contributed by atoms with van der Waals surface area (Å²) in [4.78, 5) is 29.2. The highest BCUT2D eigenvalue weighted by molar-refractivity contribution is 5.91. The minimum atomic E-state index is -0.253. The molecule has 3 heterocycles. The number of pyridine rings is 1. The molecule has 0 spiro atoms. The fourth-order valence-corrected chi connectivity index (χ4v) is 2.77. The standard InChI is InChI=1S/C19H16N6O/c26-19(16-13-20-9-10-21-16)23-11-12-25-17(14-5-2-1-3-6-14)24-15-7-4-8-22-18(15)25/h1-10,13H,11-12H2,(H,23,26). The second-order valence-electron chi connectivity index (χ2n) is 5.65. The van der Waals surface area contributed by atoms with Crippen LogP contribution in [-0.2, 0) is 6.54 Å². The molecule has 26 heavy (non-hydrogen) atoms. The molecule has 128 valence electrons. The van der Waals surface area contributed by atoms with Gasteiger partial charge in [-0.1, -0.05) is 30.3 Å². The summed E-state index contributed by atoms with van der Waals surface area (Å²) in [6.45, 7) is 0.973. The molecule has 3 aromatic heterocycles. The van der Waals surface area contributed by atoms with Crippen LogP contribution in [0.5, 0.6) is 0 Å². The van der Waals surface area contributed by atoms with Gasteiger partial charge in [0, 0.05) is 37.2 Å². The van der Waals surface area contributed by atoms with Crippen molar-refractivity contribution in [1.29, 1.82) is 0 Å². The van der Waals surface area contributed by atoms with Crippen molar-refractivity contribution in [1.82, 2.24) is 29.8 Å². The molecule has 0 saturated carbocycles. The van der Waals surface area contributed by atoms with E-state index in [1.807, 2.05) is 47.0 Å². The molecule has 0 radical (unpaired) electrons. The Hall–Kier alpha value is -3.61. The average molecular weight is 344 g/mol. The number of amides is 1. The van der Waals surface area contributed by atoms with Gasteiger partial charge in [0.25, 0.3) is 5.91 Å². The molecule has 0 aliphatic rings. The Kier molecular flexibility index (Phi) is 4.34. The number of aromatic nitrogens is 5. The summed E-state index contributed by atoms with van der Waals surface area (Å²) in [5.74, 6) is 0.574. The summed E-state index contributed by atoms with van der Waals surface area (Å²) < 4.78 is 2.02. The van der Waals surface area contributed by atoms with Crippen LogP contribution in [0.15, 0.2) is 67.3 Å². The number of hydrogen-bond acceptors (Lipinski definition) is 5. The fraction of sp³-hybridized carbons (Fsp3) is 0.105. The predicted molar refractivity (Wildman–Crippen MR) is 97.3 cm³/mol. The first kappa shape index (κ1) is 15.9. The molecule has 1 amide bonds. The second-order valence-corrected chi connectivity index (χ2v) is 5.65. The van der Waals surface area contributed by atoms with Gasteiger partial charge in [-0.3, -0.25) is 9.78 Å². The molecule has 0 aliphatic carbocycles. The van der Waals surface area contributed by atoms with Crippen LogP contribution < -0.4 is 5.32 Å². The largest absolute Gasteiger partial charge is 0.349 e. The van der Waals surface area contributed by atoms with Crippen molar-refractivity contribution in [3.8, 4) is 11.4 Å². The zero-order chi connectivity index (χ0) is 17.8. The van der Waals surface area contributed by atoms with Gasteiger partial charge in [0.2, 0.25) is 0 Å². The van der Waals surface area contributed by atoms with Crippen LogP contribution in [0.4, 0.5) is 0 Å². The molecule has 7 nitrogen and oxygen atoms in total. The maximum absolute atomic E-state index is 12.1. The van der Waals surface area contributed by atoms with Crippen molar-refractivity contribution in [2.45, 2.75) is 6.54 Å². The quantitative estimate of drug-likeness (QED) is 0.600. The maximum Gasteiger partial charge on any atom is 0.271 e. The lowest BCUT2D eigenvalue weighted by atomic mass is 10.2. The van der Waals surface area contributed by atoms with Crippen molar-refractivity contribution in [2.24, 2.45) is 0 Å². The number of carbonyl (C=O) groups excluding carboxylic acids is 1. The molecule has 1 N–H and O–H groups in total. The molecule has 7 heteroatoms. The summed E-state index contributed by atoms with van der Waals surface area (Å²) in [6.07, 6.45) is 6.22. The van der Waals surface area contributed by atoms with Gasteiger partial charge < -0.3 is 9.88 Å². The van der Waals surface area contributed by atoms with Gasteiger partial charge in [-0.15, -0.1) is 0 Å². The molecule has 0 unspecified atom stereocenters. The van der Waals surface area contributed by atoms with Crippen molar-refractivity contribution in [3.63, 3.8) is 0 Å². The fourth-order valence-electron chi connectivity index (χ4n) is 2.77. The predicted octanol–water partition coefficient (Wildman–Crippen LogP) is 2.32. The van der Waals surface area contributed by atoms with Crippen LogP contribution in [-0.4, -0.2) is 37.0 Å². The van der Waals surface area contributed by atoms with Crippen LogP contribution >= 0.6 is 0 Å². The molecule has 0 aliphatic heterocycles. The van der Waals surface area contributed by atoms with Crippen molar-refractivity contribution in [3.05, 3.63) is 72.9 Å². The van der Waals surface area contributed by atoms with E-state index in [9.17, 15) is 4.79 Å². The SMILES string of the molecule is O=C(NCCn1c(-c2ccccc2)nc2cccnc21)c1cnccn1. The summed E-state index contributed by atoms with van der Waals surface area (Å²) in [7, 11) is 0. The Balaban J connectivity index is 1.58. The van der Waals surface area contributed by atoms with E-state index in [2.05, 4.69) is 20.3 Å². The van der Waals surface area contributed by atoms with Gasteiger partial charge in [-0.05, 0) is 12.1 Å². The second kappa shape index (κ2) is 7.10. The van der Waals surface area contributed by atoms with E-state index in [0.717, 1.165) is 22.6 Å². The third-order valence-corrected chi connectivity index (χ3v) is 3.95. The smallest absolute Gasteiger partial charge is 0.271 e. The Morgan fingerprint density at radius 1 is 1.00 bits per heavy atom. The molecule has 0 atom stereocenters. The van der Waals surface area contributed by atoms with Crippen molar-refractivity contribution in [2.75, 3.05) is 6.54 Å². The molecule has 0 saturated heterocycles. The Bertz CT molecular complexity index is 1030. The molecule has 1 aromatic carbocycles. The van der Waals surface area contributed by atoms with Gasteiger partial charge in [0.05, 0.1) is 6.20 Å². The van der Waals surface area contributed by atoms with Crippen LogP contribution in [0.25, 0.3) is 22.6 Å². The number of nitrogens with zero attached hydrogens (tertiary/aromatic N) is 5. The highest BCUT2D eigenvalue weighted by Gasteiger charge is 2.13. The average Bonchev–Trinajstić information content (AvgIpc) is 3.08. The number of nitrogens with one attached hydrogen (secondary N) is 1. The first-order valence-electron chi connectivity index (χ1n) is 8.24. The van der Waals surface area contributed by atoms with E-state index in [1.54, 1.807) is 6.20 Å². The van der Waals surface area contributed by atoms with E-state index < -0.39 is 0 Å². The normalized spacial score (nSPS) is 10.8. The Morgan fingerprint density at radius 3 is 2.69 bits per heavy atom. The highest BCUT2D eigenvalue weighted by Crippen LogP contribution is 2.23. The highest BCUT2D eigenvalue weighted by atomic mass is 16.1. The summed E-state index contributed by atoms with van der Waals surface area (Å²) in [5.41, 5.74) is 2.92. The van der Waals surface area contributed by atoms with Gasteiger partial charge >= 0.3 is 0 Å². The maximum atomic E-state index is 12.1. The number of fused-ring (bicyclic) bond motifs is 1. The molecular weight excluding hydrogens is 328 g/mol.